The summed E-state index contributed by atoms with van der Waals surface area (Å²) in [5.41, 5.74) is 1.71. The number of benzene rings is 1. The van der Waals surface area contributed by atoms with E-state index in [-0.39, 0.29) is 0 Å². The van der Waals surface area contributed by atoms with Gasteiger partial charge in [0.15, 0.2) is 0 Å². The Morgan fingerprint density at radius 3 is 2.61 bits per heavy atom. The van der Waals surface area contributed by atoms with Crippen molar-refractivity contribution in [3.63, 3.8) is 0 Å². The number of hydrogen-bond acceptors (Lipinski definition) is 2. The summed E-state index contributed by atoms with van der Waals surface area (Å²) in [6.07, 6.45) is 1.33. The van der Waals surface area contributed by atoms with Crippen LogP contribution in [0.3, 0.4) is 0 Å². The SMILES string of the molecule is COc1c(Br)cc(Br)cc1CNCC1CC1(C)C. The molecule has 0 aromatic heterocycles. The van der Waals surface area contributed by atoms with Crippen molar-refractivity contribution in [2.75, 3.05) is 13.7 Å². The molecule has 1 aliphatic rings. The molecule has 18 heavy (non-hydrogen) atoms. The summed E-state index contributed by atoms with van der Waals surface area (Å²) in [5, 5.41) is 3.53. The molecule has 2 nitrogen and oxygen atoms in total. The number of rotatable bonds is 5. The highest BCUT2D eigenvalue weighted by molar-refractivity contribution is 9.11. The first-order chi connectivity index (χ1) is 8.44. The molecule has 0 radical (unpaired) electrons. The van der Waals surface area contributed by atoms with E-state index in [1.165, 1.54) is 12.0 Å². The Morgan fingerprint density at radius 2 is 2.06 bits per heavy atom. The Morgan fingerprint density at radius 1 is 1.39 bits per heavy atom. The van der Waals surface area contributed by atoms with E-state index < -0.39 is 0 Å². The highest BCUT2D eigenvalue weighted by Gasteiger charge is 2.44. The summed E-state index contributed by atoms with van der Waals surface area (Å²) >= 11 is 7.04. The number of hydrogen-bond donors (Lipinski definition) is 1. The average molecular weight is 377 g/mol. The molecule has 1 unspecified atom stereocenters. The van der Waals surface area contributed by atoms with E-state index in [0.717, 1.165) is 33.7 Å². The van der Waals surface area contributed by atoms with Crippen molar-refractivity contribution in [2.24, 2.45) is 11.3 Å². The summed E-state index contributed by atoms with van der Waals surface area (Å²) in [5.74, 6) is 1.74. The molecule has 0 saturated heterocycles. The lowest BCUT2D eigenvalue weighted by Gasteiger charge is -2.12. The van der Waals surface area contributed by atoms with Crippen molar-refractivity contribution < 1.29 is 4.74 Å². The summed E-state index contributed by atoms with van der Waals surface area (Å²) in [7, 11) is 1.71. The zero-order chi connectivity index (χ0) is 13.3. The molecule has 1 aromatic rings. The Kier molecular flexibility index (Phi) is 4.40. The highest BCUT2D eigenvalue weighted by atomic mass is 79.9. The Hall–Kier alpha value is -0.0600. The van der Waals surface area contributed by atoms with Gasteiger partial charge in [-0.1, -0.05) is 29.8 Å². The van der Waals surface area contributed by atoms with Crippen LogP contribution >= 0.6 is 31.9 Å². The fourth-order valence-corrected chi connectivity index (χ4v) is 3.75. The van der Waals surface area contributed by atoms with Gasteiger partial charge in [0.25, 0.3) is 0 Å². The summed E-state index contributed by atoms with van der Waals surface area (Å²) < 4.78 is 7.49. The summed E-state index contributed by atoms with van der Waals surface area (Å²) in [6.45, 7) is 6.58. The van der Waals surface area contributed by atoms with E-state index in [9.17, 15) is 0 Å². The highest BCUT2D eigenvalue weighted by Crippen LogP contribution is 2.51. The second kappa shape index (κ2) is 5.51. The zero-order valence-corrected chi connectivity index (χ0v) is 14.2. The predicted molar refractivity (Wildman–Crippen MR) is 82.0 cm³/mol. The van der Waals surface area contributed by atoms with E-state index in [4.69, 9.17) is 4.74 Å². The van der Waals surface area contributed by atoms with Crippen molar-refractivity contribution in [1.29, 1.82) is 0 Å². The predicted octanol–water partition coefficient (Wildman–Crippen LogP) is 4.36. The fraction of sp³-hybridized carbons (Fsp3) is 0.571. The van der Waals surface area contributed by atoms with Gasteiger partial charge in [0.2, 0.25) is 0 Å². The molecule has 0 heterocycles. The third kappa shape index (κ3) is 3.28. The summed E-state index contributed by atoms with van der Waals surface area (Å²) in [4.78, 5) is 0. The number of methoxy groups -OCH3 is 1. The Bertz CT molecular complexity index is 446. The van der Waals surface area contributed by atoms with Crippen molar-refractivity contribution in [3.05, 3.63) is 26.6 Å². The molecule has 100 valence electrons. The maximum Gasteiger partial charge on any atom is 0.137 e. The van der Waals surface area contributed by atoms with Crippen molar-refractivity contribution in [3.8, 4) is 5.75 Å². The third-order valence-electron chi connectivity index (χ3n) is 3.71. The molecule has 1 saturated carbocycles. The van der Waals surface area contributed by atoms with Gasteiger partial charge < -0.3 is 10.1 Å². The van der Waals surface area contributed by atoms with Crippen LogP contribution in [0, 0.1) is 11.3 Å². The molecule has 0 amide bonds. The maximum atomic E-state index is 5.44. The largest absolute Gasteiger partial charge is 0.495 e. The van der Waals surface area contributed by atoms with Crippen molar-refractivity contribution in [1.82, 2.24) is 5.32 Å². The molecule has 0 bridgehead atoms. The first-order valence-electron chi connectivity index (χ1n) is 6.16. The molecule has 0 aliphatic heterocycles. The third-order valence-corrected chi connectivity index (χ3v) is 4.76. The van der Waals surface area contributed by atoms with E-state index in [2.05, 4.69) is 57.1 Å². The lowest BCUT2D eigenvalue weighted by atomic mass is 10.1. The molecule has 1 N–H and O–H groups in total. The minimum absolute atomic E-state index is 0.537. The molecule has 0 spiro atoms. The molecule has 2 rings (SSSR count). The van der Waals surface area contributed by atoms with Gasteiger partial charge in [-0.25, -0.2) is 0 Å². The second-order valence-electron chi connectivity index (χ2n) is 5.60. The van der Waals surface area contributed by atoms with Crippen LogP contribution in [0.15, 0.2) is 21.1 Å². The van der Waals surface area contributed by atoms with Crippen molar-refractivity contribution in [2.45, 2.75) is 26.8 Å². The molecule has 1 fully saturated rings. The van der Waals surface area contributed by atoms with Gasteiger partial charge >= 0.3 is 0 Å². The smallest absolute Gasteiger partial charge is 0.137 e. The first-order valence-corrected chi connectivity index (χ1v) is 7.75. The number of nitrogens with one attached hydrogen (secondary N) is 1. The first kappa shape index (κ1) is 14.4. The van der Waals surface area contributed by atoms with Crippen LogP contribution in [0.5, 0.6) is 5.75 Å². The second-order valence-corrected chi connectivity index (χ2v) is 7.37. The Balaban J connectivity index is 1.96. The molecule has 4 heteroatoms. The van der Waals surface area contributed by atoms with Gasteiger partial charge in [-0.2, -0.15) is 0 Å². The van der Waals surface area contributed by atoms with Gasteiger partial charge in [-0.05, 0) is 52.4 Å². The molecular formula is C14H19Br2NO. The number of ether oxygens (including phenoxy) is 1. The van der Waals surface area contributed by atoms with E-state index >= 15 is 0 Å². The quantitative estimate of drug-likeness (QED) is 0.824. The molecule has 1 aliphatic carbocycles. The Labute approximate surface area is 126 Å². The lowest BCUT2D eigenvalue weighted by molar-refractivity contribution is 0.404. The van der Waals surface area contributed by atoms with Gasteiger partial charge in [-0.15, -0.1) is 0 Å². The minimum atomic E-state index is 0.537. The van der Waals surface area contributed by atoms with E-state index in [1.54, 1.807) is 7.11 Å². The zero-order valence-electron chi connectivity index (χ0n) is 11.0. The topological polar surface area (TPSA) is 21.3 Å². The van der Waals surface area contributed by atoms with E-state index in [1.807, 2.05) is 6.07 Å². The number of halogens is 2. The minimum Gasteiger partial charge on any atom is -0.495 e. The van der Waals surface area contributed by atoms with Crippen LogP contribution in [0.25, 0.3) is 0 Å². The maximum absolute atomic E-state index is 5.44. The molecule has 1 aromatic carbocycles. The molecule has 1 atom stereocenters. The molecular weight excluding hydrogens is 358 g/mol. The van der Waals surface area contributed by atoms with Crippen LogP contribution in [-0.2, 0) is 6.54 Å². The van der Waals surface area contributed by atoms with Gasteiger partial charge in [0.1, 0.15) is 5.75 Å². The fourth-order valence-electron chi connectivity index (χ4n) is 2.28. The van der Waals surface area contributed by atoms with Gasteiger partial charge in [-0.3, -0.25) is 0 Å². The van der Waals surface area contributed by atoms with E-state index in [0.29, 0.717) is 5.41 Å². The van der Waals surface area contributed by atoms with Crippen LogP contribution in [-0.4, -0.2) is 13.7 Å². The standard InChI is InChI=1S/C14H19Br2NO/c1-14(2)6-10(14)8-17-7-9-4-11(15)5-12(16)13(9)18-3/h4-5,10,17H,6-8H2,1-3H3. The van der Waals surface area contributed by atoms with Gasteiger partial charge in [0.05, 0.1) is 11.6 Å². The van der Waals surface area contributed by atoms with Crippen LogP contribution in [0.4, 0.5) is 0 Å². The normalized spacial score (nSPS) is 20.8. The van der Waals surface area contributed by atoms with Crippen LogP contribution < -0.4 is 10.1 Å². The van der Waals surface area contributed by atoms with Crippen LogP contribution in [0.1, 0.15) is 25.8 Å². The van der Waals surface area contributed by atoms with Gasteiger partial charge in [0, 0.05) is 16.6 Å². The monoisotopic (exact) mass is 375 g/mol. The van der Waals surface area contributed by atoms with Crippen LogP contribution in [0.2, 0.25) is 0 Å². The lowest BCUT2D eigenvalue weighted by Crippen LogP contribution is -2.18. The van der Waals surface area contributed by atoms with Crippen molar-refractivity contribution >= 4 is 31.9 Å². The average Bonchev–Trinajstić information content (AvgIpc) is 2.86. The summed E-state index contributed by atoms with van der Waals surface area (Å²) in [6, 6.07) is 4.11.